The molecule has 0 unspecified atom stereocenters. The second kappa shape index (κ2) is 7.14. The van der Waals surface area contributed by atoms with Gasteiger partial charge in [-0.25, -0.2) is 0 Å². The van der Waals surface area contributed by atoms with Crippen LogP contribution in [0.4, 0.5) is 0 Å². The molecule has 4 nitrogen and oxygen atoms in total. The van der Waals surface area contributed by atoms with E-state index in [1.165, 1.54) is 0 Å². The number of ether oxygens (including phenoxy) is 1. The Morgan fingerprint density at radius 3 is 2.68 bits per heavy atom. The van der Waals surface area contributed by atoms with E-state index in [9.17, 15) is 4.79 Å². The monoisotopic (exact) mass is 304 g/mol. The second-order valence-electron chi connectivity index (χ2n) is 6.50. The van der Waals surface area contributed by atoms with Gasteiger partial charge in [0, 0.05) is 29.3 Å². The van der Waals surface area contributed by atoms with Gasteiger partial charge in [0.15, 0.2) is 0 Å². The number of fused-ring (bicyclic) bond motifs is 1. The number of benzene rings is 1. The third-order valence-electron chi connectivity index (χ3n) is 4.17. The minimum atomic E-state index is -0.0105. The molecule has 1 aromatic carbocycles. The van der Waals surface area contributed by atoms with Crippen molar-refractivity contribution in [2.45, 2.75) is 59.2 Å². The molecule has 1 aliphatic rings. The first-order chi connectivity index (χ1) is 10.4. The molecule has 0 saturated carbocycles. The fourth-order valence-corrected chi connectivity index (χ4v) is 3.20. The fraction of sp³-hybridized carbons (Fsp3) is 0.611. The fourth-order valence-electron chi connectivity index (χ4n) is 3.20. The van der Waals surface area contributed by atoms with Crippen LogP contribution in [0.5, 0.6) is 5.75 Å². The van der Waals surface area contributed by atoms with Crippen LogP contribution in [-0.2, 0) is 6.42 Å². The van der Waals surface area contributed by atoms with E-state index in [-0.39, 0.29) is 11.9 Å². The average molecular weight is 304 g/mol. The van der Waals surface area contributed by atoms with Crippen molar-refractivity contribution in [3.8, 4) is 5.75 Å². The molecule has 1 amide bonds. The smallest absolute Gasteiger partial charge is 0.251 e. The van der Waals surface area contributed by atoms with Gasteiger partial charge in [-0.3, -0.25) is 9.69 Å². The van der Waals surface area contributed by atoms with Gasteiger partial charge in [0.2, 0.25) is 0 Å². The van der Waals surface area contributed by atoms with Gasteiger partial charge < -0.3 is 10.1 Å². The van der Waals surface area contributed by atoms with Crippen molar-refractivity contribution in [2.75, 3.05) is 13.2 Å². The van der Waals surface area contributed by atoms with E-state index in [1.54, 1.807) is 0 Å². The quantitative estimate of drug-likeness (QED) is 0.909. The molecule has 4 heteroatoms. The number of amides is 1. The molecule has 22 heavy (non-hydrogen) atoms. The number of rotatable bonds is 5. The molecule has 0 aromatic heterocycles. The first-order valence-corrected chi connectivity index (χ1v) is 8.25. The molecule has 0 spiro atoms. The molecule has 122 valence electrons. The van der Waals surface area contributed by atoms with Crippen molar-refractivity contribution < 1.29 is 9.53 Å². The van der Waals surface area contributed by atoms with Crippen LogP contribution in [0.2, 0.25) is 0 Å². The molecule has 0 fully saturated rings. The highest BCUT2D eigenvalue weighted by atomic mass is 16.5. The zero-order chi connectivity index (χ0) is 16.3. The van der Waals surface area contributed by atoms with Gasteiger partial charge in [-0.15, -0.1) is 0 Å². The lowest BCUT2D eigenvalue weighted by molar-refractivity contribution is 0.0911. The van der Waals surface area contributed by atoms with Crippen molar-refractivity contribution in [3.63, 3.8) is 0 Å². The van der Waals surface area contributed by atoms with Crippen LogP contribution in [0.3, 0.4) is 0 Å². The van der Waals surface area contributed by atoms with E-state index in [2.05, 4.69) is 31.0 Å². The van der Waals surface area contributed by atoms with Crippen molar-refractivity contribution >= 4 is 5.91 Å². The van der Waals surface area contributed by atoms with Crippen LogP contribution in [-0.4, -0.2) is 42.1 Å². The van der Waals surface area contributed by atoms with Gasteiger partial charge in [-0.05, 0) is 52.8 Å². The molecule has 0 radical (unpaired) electrons. The summed E-state index contributed by atoms with van der Waals surface area (Å²) in [5, 5.41) is 2.98. The lowest BCUT2D eigenvalue weighted by atomic mass is 9.95. The van der Waals surface area contributed by atoms with E-state index >= 15 is 0 Å². The van der Waals surface area contributed by atoms with Gasteiger partial charge in [-0.1, -0.05) is 13.0 Å². The Bertz CT molecular complexity index is 526. The van der Waals surface area contributed by atoms with Crippen LogP contribution in [0.1, 0.15) is 50.5 Å². The Morgan fingerprint density at radius 1 is 1.36 bits per heavy atom. The molecule has 0 aliphatic carbocycles. The third kappa shape index (κ3) is 3.61. The summed E-state index contributed by atoms with van der Waals surface area (Å²) in [6.07, 6.45) is 0.864. The van der Waals surface area contributed by atoms with E-state index in [0.717, 1.165) is 29.8 Å². The first-order valence-electron chi connectivity index (χ1n) is 8.25. The zero-order valence-corrected chi connectivity index (χ0v) is 14.3. The maximum Gasteiger partial charge on any atom is 0.251 e. The Balaban J connectivity index is 2.27. The van der Waals surface area contributed by atoms with Gasteiger partial charge in [0.25, 0.3) is 5.91 Å². The molecule has 0 saturated heterocycles. The van der Waals surface area contributed by atoms with Gasteiger partial charge in [-0.2, -0.15) is 0 Å². The molecule has 0 bridgehead atoms. The molecule has 2 rings (SSSR count). The van der Waals surface area contributed by atoms with Crippen LogP contribution in [0, 0.1) is 0 Å². The number of carbonyl (C=O) groups excluding carboxylic acids is 1. The molecular weight excluding hydrogens is 276 g/mol. The molecule has 1 N–H and O–H groups in total. The van der Waals surface area contributed by atoms with Gasteiger partial charge in [0.1, 0.15) is 12.4 Å². The number of carbonyl (C=O) groups is 1. The van der Waals surface area contributed by atoms with Crippen molar-refractivity contribution in [1.29, 1.82) is 0 Å². The third-order valence-corrected chi connectivity index (χ3v) is 4.17. The average Bonchev–Trinajstić information content (AvgIpc) is 2.46. The number of hydrogen-bond acceptors (Lipinski definition) is 3. The topological polar surface area (TPSA) is 41.6 Å². The Hall–Kier alpha value is -1.55. The summed E-state index contributed by atoms with van der Waals surface area (Å²) in [4.78, 5) is 14.9. The Morgan fingerprint density at radius 2 is 2.09 bits per heavy atom. The van der Waals surface area contributed by atoms with Crippen LogP contribution in [0.25, 0.3) is 0 Å². The van der Waals surface area contributed by atoms with E-state index < -0.39 is 0 Å². The molecular formula is C18H28N2O2. The Kier molecular flexibility index (Phi) is 5.46. The number of hydrogen-bond donors (Lipinski definition) is 1. The van der Waals surface area contributed by atoms with Crippen LogP contribution >= 0.6 is 0 Å². The second-order valence-corrected chi connectivity index (χ2v) is 6.50. The van der Waals surface area contributed by atoms with E-state index in [4.69, 9.17) is 4.74 Å². The highest BCUT2D eigenvalue weighted by molar-refractivity contribution is 5.96. The Labute approximate surface area is 133 Å². The number of nitrogens with zero attached hydrogens (tertiary/aromatic N) is 1. The molecule has 1 aliphatic heterocycles. The molecule has 1 heterocycles. The van der Waals surface area contributed by atoms with Crippen molar-refractivity contribution in [1.82, 2.24) is 10.2 Å². The minimum absolute atomic E-state index is 0.0105. The van der Waals surface area contributed by atoms with Gasteiger partial charge >= 0.3 is 0 Å². The standard InChI is InChI=1S/C18H28N2O2/c1-6-20(13(4)5)14-10-16-15(18(21)19-12(2)3)8-7-9-17(16)22-11-14/h7-9,12-14H,6,10-11H2,1-5H3,(H,19,21)/t14-/m1/s1. The summed E-state index contributed by atoms with van der Waals surface area (Å²) in [5.74, 6) is 0.844. The predicted octanol–water partition coefficient (Wildman–Crippen LogP) is 2.86. The highest BCUT2D eigenvalue weighted by Gasteiger charge is 2.29. The summed E-state index contributed by atoms with van der Waals surface area (Å²) in [7, 11) is 0. The normalized spacial score (nSPS) is 17.5. The zero-order valence-electron chi connectivity index (χ0n) is 14.3. The number of likely N-dealkylation sites (N-methyl/N-ethyl adjacent to an activating group) is 1. The number of nitrogens with one attached hydrogen (secondary N) is 1. The highest BCUT2D eigenvalue weighted by Crippen LogP contribution is 2.30. The lowest BCUT2D eigenvalue weighted by Gasteiger charge is -2.37. The van der Waals surface area contributed by atoms with Crippen LogP contribution in [0.15, 0.2) is 18.2 Å². The summed E-state index contributed by atoms with van der Waals surface area (Å²) in [5.41, 5.74) is 1.78. The maximum absolute atomic E-state index is 12.4. The largest absolute Gasteiger partial charge is 0.492 e. The summed E-state index contributed by atoms with van der Waals surface area (Å²) in [6, 6.07) is 6.68. The summed E-state index contributed by atoms with van der Waals surface area (Å²) in [6.45, 7) is 12.2. The van der Waals surface area contributed by atoms with Crippen LogP contribution < -0.4 is 10.1 Å². The summed E-state index contributed by atoms with van der Waals surface area (Å²) < 4.78 is 5.94. The first kappa shape index (κ1) is 16.8. The van der Waals surface area contributed by atoms with E-state index in [1.807, 2.05) is 32.0 Å². The van der Waals surface area contributed by atoms with Crippen molar-refractivity contribution in [3.05, 3.63) is 29.3 Å². The predicted molar refractivity (Wildman–Crippen MR) is 89.5 cm³/mol. The lowest BCUT2D eigenvalue weighted by Crippen LogP contribution is -2.47. The minimum Gasteiger partial charge on any atom is -0.492 e. The molecule has 1 aromatic rings. The van der Waals surface area contributed by atoms with Crippen molar-refractivity contribution in [2.24, 2.45) is 0 Å². The molecule has 1 atom stereocenters. The van der Waals surface area contributed by atoms with Gasteiger partial charge in [0.05, 0.1) is 0 Å². The summed E-state index contributed by atoms with van der Waals surface area (Å²) >= 11 is 0. The maximum atomic E-state index is 12.4. The van der Waals surface area contributed by atoms with E-state index in [0.29, 0.717) is 18.7 Å². The SMILES string of the molecule is CCN(C(C)C)[C@H]1COc2cccc(C(=O)NC(C)C)c2C1.